The van der Waals surface area contributed by atoms with Crippen molar-refractivity contribution >= 4 is 18.3 Å². The highest BCUT2D eigenvalue weighted by molar-refractivity contribution is 6.67. The van der Waals surface area contributed by atoms with Crippen LogP contribution in [0.5, 0.6) is 11.5 Å². The van der Waals surface area contributed by atoms with E-state index < -0.39 is 23.4 Å². The topological polar surface area (TPSA) is 44.8 Å². The van der Waals surface area contributed by atoms with E-state index in [1.165, 1.54) is 0 Å². The summed E-state index contributed by atoms with van der Waals surface area (Å²) in [7, 11) is 0. The molecule has 0 radical (unpaired) electrons. The first-order chi connectivity index (χ1) is 11.5. The Kier molecular flexibility index (Phi) is 4.35. The molecule has 2 aromatic rings. The second kappa shape index (κ2) is 6.45. The van der Waals surface area contributed by atoms with Gasteiger partial charge in [0.25, 0.3) is 0 Å². The van der Waals surface area contributed by atoms with Crippen LogP contribution in [0.15, 0.2) is 43.2 Å². The van der Waals surface area contributed by atoms with E-state index in [9.17, 15) is 13.6 Å². The molecule has 0 bridgehead atoms. The normalized spacial score (nSPS) is 12.7. The fourth-order valence-electron chi connectivity index (χ4n) is 2.51. The summed E-state index contributed by atoms with van der Waals surface area (Å²) >= 11 is 0. The number of hydrogen-bond acceptors (Lipinski definition) is 4. The predicted octanol–water partition coefficient (Wildman–Crippen LogP) is 3.42. The van der Waals surface area contributed by atoms with E-state index in [0.29, 0.717) is 6.61 Å². The Balaban J connectivity index is 1.88. The third-order valence-corrected chi connectivity index (χ3v) is 3.69. The second-order valence-corrected chi connectivity index (χ2v) is 5.26. The summed E-state index contributed by atoms with van der Waals surface area (Å²) in [6.07, 6.45) is 0.885. The van der Waals surface area contributed by atoms with E-state index >= 15 is 0 Å². The van der Waals surface area contributed by atoms with Crippen LogP contribution in [0.2, 0.25) is 6.82 Å². The van der Waals surface area contributed by atoms with Crippen LogP contribution in [0, 0.1) is 11.6 Å². The standard InChI is InChI=1S/C17H13BF2O4/c1-3-22-17(21)10-7-14(19)16(15(20)8-10)24-12-4-5-13-11(6-12)9-23-18(13)2/h3-8H,1,9H2,2H3. The zero-order valence-electron chi connectivity index (χ0n) is 12.8. The van der Waals surface area contributed by atoms with Crippen LogP contribution in [0.4, 0.5) is 8.78 Å². The SMILES string of the molecule is C=COC(=O)c1cc(F)c(Oc2ccc3c(c2)COB3C)c(F)c1. The van der Waals surface area contributed by atoms with Gasteiger partial charge < -0.3 is 14.1 Å². The Morgan fingerprint density at radius 2 is 2.00 bits per heavy atom. The van der Waals surface area contributed by atoms with Crippen LogP contribution in [0.25, 0.3) is 0 Å². The van der Waals surface area contributed by atoms with Crippen molar-refractivity contribution in [2.45, 2.75) is 13.4 Å². The van der Waals surface area contributed by atoms with Gasteiger partial charge in [0.05, 0.1) is 18.4 Å². The van der Waals surface area contributed by atoms with Crippen molar-refractivity contribution < 1.29 is 27.7 Å². The first kappa shape index (κ1) is 16.2. The number of hydrogen-bond donors (Lipinski definition) is 0. The van der Waals surface area contributed by atoms with Crippen LogP contribution in [-0.4, -0.2) is 12.9 Å². The van der Waals surface area contributed by atoms with E-state index in [0.717, 1.165) is 29.4 Å². The first-order valence-electron chi connectivity index (χ1n) is 7.23. The number of halogens is 2. The predicted molar refractivity (Wildman–Crippen MR) is 84.5 cm³/mol. The molecule has 7 heteroatoms. The van der Waals surface area contributed by atoms with Crippen molar-refractivity contribution in [2.75, 3.05) is 0 Å². The number of benzene rings is 2. The van der Waals surface area contributed by atoms with Crippen LogP contribution in [-0.2, 0) is 16.0 Å². The van der Waals surface area contributed by atoms with Gasteiger partial charge in [0.1, 0.15) is 5.75 Å². The molecular weight excluding hydrogens is 317 g/mol. The maximum absolute atomic E-state index is 14.1. The molecule has 0 fully saturated rings. The van der Waals surface area contributed by atoms with Gasteiger partial charge in [-0.25, -0.2) is 13.6 Å². The lowest BCUT2D eigenvalue weighted by molar-refractivity contribution is 0.0663. The lowest BCUT2D eigenvalue weighted by Crippen LogP contribution is -2.23. The summed E-state index contributed by atoms with van der Waals surface area (Å²) < 4.78 is 43.5. The number of rotatable bonds is 4. The molecule has 2 aromatic carbocycles. The van der Waals surface area contributed by atoms with Crippen LogP contribution < -0.4 is 10.2 Å². The van der Waals surface area contributed by atoms with E-state index in [4.69, 9.17) is 9.39 Å². The quantitative estimate of drug-likeness (QED) is 0.490. The van der Waals surface area contributed by atoms with Crippen molar-refractivity contribution in [3.63, 3.8) is 0 Å². The van der Waals surface area contributed by atoms with E-state index in [2.05, 4.69) is 11.3 Å². The molecule has 1 heterocycles. The van der Waals surface area contributed by atoms with E-state index in [-0.39, 0.29) is 18.2 Å². The average Bonchev–Trinajstić information content (AvgIpc) is 2.91. The largest absolute Gasteiger partial charge is 0.451 e. The maximum Gasteiger partial charge on any atom is 0.343 e. The molecule has 1 aliphatic rings. The number of carbonyl (C=O) groups excluding carboxylic acids is 1. The van der Waals surface area contributed by atoms with Gasteiger partial charge in [-0.1, -0.05) is 19.5 Å². The van der Waals surface area contributed by atoms with Crippen LogP contribution in [0.3, 0.4) is 0 Å². The number of fused-ring (bicyclic) bond motifs is 1. The fourth-order valence-corrected chi connectivity index (χ4v) is 2.51. The van der Waals surface area contributed by atoms with E-state index in [1.807, 2.05) is 6.82 Å². The molecule has 24 heavy (non-hydrogen) atoms. The summed E-state index contributed by atoms with van der Waals surface area (Å²) in [5.74, 6) is -3.21. The molecular formula is C17H13BF2O4. The fraction of sp³-hybridized carbons (Fsp3) is 0.118. The second-order valence-electron chi connectivity index (χ2n) is 5.26. The summed E-state index contributed by atoms with van der Waals surface area (Å²) in [5.41, 5.74) is 1.66. The maximum atomic E-state index is 14.1. The highest BCUT2D eigenvalue weighted by Crippen LogP contribution is 2.30. The number of carbonyl (C=O) groups is 1. The Labute approximate surface area is 137 Å². The minimum Gasteiger partial charge on any atom is -0.451 e. The van der Waals surface area contributed by atoms with Gasteiger partial charge >= 0.3 is 12.9 Å². The molecule has 0 N–H and O–H groups in total. The average molecular weight is 330 g/mol. The van der Waals surface area contributed by atoms with Crippen molar-refractivity contribution in [2.24, 2.45) is 0 Å². The van der Waals surface area contributed by atoms with Gasteiger partial charge in [0, 0.05) is 0 Å². The van der Waals surface area contributed by atoms with Gasteiger partial charge in [-0.15, -0.1) is 0 Å². The summed E-state index contributed by atoms with van der Waals surface area (Å²) in [6.45, 7) is 5.54. The van der Waals surface area contributed by atoms with Crippen molar-refractivity contribution in [1.82, 2.24) is 0 Å². The zero-order valence-corrected chi connectivity index (χ0v) is 12.8. The highest BCUT2D eigenvalue weighted by atomic mass is 19.1. The third-order valence-electron chi connectivity index (χ3n) is 3.69. The van der Waals surface area contributed by atoms with Gasteiger partial charge in [0.15, 0.2) is 17.4 Å². The van der Waals surface area contributed by atoms with Crippen molar-refractivity contribution in [3.8, 4) is 11.5 Å². The molecule has 0 atom stereocenters. The molecule has 1 aliphatic heterocycles. The Morgan fingerprint density at radius 3 is 2.67 bits per heavy atom. The van der Waals surface area contributed by atoms with E-state index in [1.54, 1.807) is 18.2 Å². The molecule has 0 spiro atoms. The lowest BCUT2D eigenvalue weighted by atomic mass is 9.64. The van der Waals surface area contributed by atoms with Crippen LogP contribution >= 0.6 is 0 Å². The zero-order chi connectivity index (χ0) is 17.3. The molecule has 0 saturated heterocycles. The Bertz CT molecular complexity index is 799. The lowest BCUT2D eigenvalue weighted by Gasteiger charge is -2.10. The minimum absolute atomic E-state index is 0.0160. The summed E-state index contributed by atoms with van der Waals surface area (Å²) in [4.78, 5) is 11.5. The molecule has 0 unspecified atom stereocenters. The van der Waals surface area contributed by atoms with Gasteiger partial charge in [-0.05, 0) is 35.3 Å². The Hall–Kier alpha value is -2.67. The first-order valence-corrected chi connectivity index (χ1v) is 7.23. The minimum atomic E-state index is -1.00. The molecule has 0 aliphatic carbocycles. The van der Waals surface area contributed by atoms with Crippen LogP contribution in [0.1, 0.15) is 15.9 Å². The molecule has 0 amide bonds. The van der Waals surface area contributed by atoms with Gasteiger partial charge in [-0.2, -0.15) is 0 Å². The molecule has 0 aromatic heterocycles. The third kappa shape index (κ3) is 3.03. The summed E-state index contributed by atoms with van der Waals surface area (Å²) in [5, 5.41) is 0. The Morgan fingerprint density at radius 1 is 1.29 bits per heavy atom. The van der Waals surface area contributed by atoms with Gasteiger partial charge in [0.2, 0.25) is 0 Å². The number of esters is 1. The van der Waals surface area contributed by atoms with Crippen molar-refractivity contribution in [3.05, 3.63) is 65.9 Å². The smallest absolute Gasteiger partial charge is 0.343 e. The monoisotopic (exact) mass is 330 g/mol. The molecule has 3 rings (SSSR count). The van der Waals surface area contributed by atoms with Gasteiger partial charge in [-0.3, -0.25) is 0 Å². The molecule has 0 saturated carbocycles. The molecule has 4 nitrogen and oxygen atoms in total. The summed E-state index contributed by atoms with van der Waals surface area (Å²) in [6, 6.07) is 6.79. The molecule has 122 valence electrons. The highest BCUT2D eigenvalue weighted by Gasteiger charge is 2.24. The van der Waals surface area contributed by atoms with Crippen molar-refractivity contribution in [1.29, 1.82) is 0 Å². The number of ether oxygens (including phenoxy) is 2.